The number of fused-ring (bicyclic) bond motifs is 1. The SMILES string of the molecule is O=C1C[C@H](c2cccs2)c2c(n[nH]c2-c2ccccc2)N1. The van der Waals surface area contributed by atoms with Gasteiger partial charge in [0.1, 0.15) is 0 Å². The van der Waals surface area contributed by atoms with Crippen LogP contribution < -0.4 is 5.32 Å². The lowest BCUT2D eigenvalue weighted by Gasteiger charge is -2.22. The zero-order valence-corrected chi connectivity index (χ0v) is 12.0. The van der Waals surface area contributed by atoms with Crippen molar-refractivity contribution < 1.29 is 4.79 Å². The summed E-state index contributed by atoms with van der Waals surface area (Å²) >= 11 is 1.68. The van der Waals surface area contributed by atoms with E-state index in [0.29, 0.717) is 12.2 Å². The van der Waals surface area contributed by atoms with Crippen LogP contribution in [0.15, 0.2) is 47.8 Å². The summed E-state index contributed by atoms with van der Waals surface area (Å²) in [6.45, 7) is 0. The second kappa shape index (κ2) is 4.86. The molecule has 2 aromatic heterocycles. The highest BCUT2D eigenvalue weighted by atomic mass is 32.1. The Labute approximate surface area is 125 Å². The quantitative estimate of drug-likeness (QED) is 0.758. The summed E-state index contributed by atoms with van der Waals surface area (Å²) in [5, 5.41) is 12.3. The van der Waals surface area contributed by atoms with E-state index in [0.717, 1.165) is 16.8 Å². The van der Waals surface area contributed by atoms with Crippen LogP contribution in [0.2, 0.25) is 0 Å². The number of aromatic amines is 1. The van der Waals surface area contributed by atoms with Crippen LogP contribution in [0.5, 0.6) is 0 Å². The topological polar surface area (TPSA) is 57.8 Å². The fraction of sp³-hybridized carbons (Fsp3) is 0.125. The molecule has 4 nitrogen and oxygen atoms in total. The fourth-order valence-corrected chi connectivity index (χ4v) is 3.65. The lowest BCUT2D eigenvalue weighted by molar-refractivity contribution is -0.116. The van der Waals surface area contributed by atoms with Gasteiger partial charge in [0.25, 0.3) is 0 Å². The van der Waals surface area contributed by atoms with E-state index < -0.39 is 0 Å². The molecule has 1 aliphatic rings. The van der Waals surface area contributed by atoms with Gasteiger partial charge in [-0.1, -0.05) is 36.4 Å². The number of hydrogen-bond acceptors (Lipinski definition) is 3. The Morgan fingerprint density at radius 1 is 1.14 bits per heavy atom. The first-order valence-electron chi connectivity index (χ1n) is 6.80. The normalized spacial score (nSPS) is 17.3. The molecule has 1 aliphatic heterocycles. The molecule has 0 unspecified atom stereocenters. The van der Waals surface area contributed by atoms with Crippen LogP contribution in [0.25, 0.3) is 11.3 Å². The van der Waals surface area contributed by atoms with Crippen molar-refractivity contribution in [2.24, 2.45) is 0 Å². The first-order valence-corrected chi connectivity index (χ1v) is 7.68. The molecule has 21 heavy (non-hydrogen) atoms. The van der Waals surface area contributed by atoms with Gasteiger partial charge in [-0.05, 0) is 17.0 Å². The van der Waals surface area contributed by atoms with Crippen molar-refractivity contribution in [1.82, 2.24) is 10.2 Å². The highest BCUT2D eigenvalue weighted by Gasteiger charge is 2.32. The molecule has 2 N–H and O–H groups in total. The lowest BCUT2D eigenvalue weighted by atomic mass is 9.89. The molecule has 0 saturated carbocycles. The van der Waals surface area contributed by atoms with Gasteiger partial charge in [-0.2, -0.15) is 5.10 Å². The number of H-pyrrole nitrogens is 1. The second-order valence-corrected chi connectivity index (χ2v) is 6.03. The molecule has 0 radical (unpaired) electrons. The number of amides is 1. The van der Waals surface area contributed by atoms with Gasteiger partial charge in [-0.25, -0.2) is 0 Å². The van der Waals surface area contributed by atoms with E-state index in [9.17, 15) is 4.79 Å². The van der Waals surface area contributed by atoms with E-state index >= 15 is 0 Å². The van der Waals surface area contributed by atoms with E-state index in [1.165, 1.54) is 4.88 Å². The van der Waals surface area contributed by atoms with E-state index in [4.69, 9.17) is 0 Å². The minimum atomic E-state index is 0.0204. The van der Waals surface area contributed by atoms with E-state index in [1.54, 1.807) is 11.3 Å². The molecule has 3 aromatic rings. The summed E-state index contributed by atoms with van der Waals surface area (Å²) in [5.41, 5.74) is 3.16. The summed E-state index contributed by atoms with van der Waals surface area (Å²) in [6.07, 6.45) is 0.465. The highest BCUT2D eigenvalue weighted by molar-refractivity contribution is 7.10. The Morgan fingerprint density at radius 2 is 2.00 bits per heavy atom. The van der Waals surface area contributed by atoms with Gasteiger partial charge >= 0.3 is 0 Å². The molecule has 1 amide bonds. The molecule has 0 spiro atoms. The van der Waals surface area contributed by atoms with Gasteiger partial charge in [0.2, 0.25) is 5.91 Å². The average Bonchev–Trinajstić information content (AvgIpc) is 3.16. The van der Waals surface area contributed by atoms with Crippen LogP contribution in [0.4, 0.5) is 5.82 Å². The third-order valence-electron chi connectivity index (χ3n) is 3.75. The zero-order valence-electron chi connectivity index (χ0n) is 11.2. The van der Waals surface area contributed by atoms with Gasteiger partial charge in [0.15, 0.2) is 5.82 Å². The minimum Gasteiger partial charge on any atom is -0.309 e. The van der Waals surface area contributed by atoms with Crippen molar-refractivity contribution in [3.63, 3.8) is 0 Å². The van der Waals surface area contributed by atoms with Gasteiger partial charge in [0, 0.05) is 22.8 Å². The molecular weight excluding hydrogens is 282 g/mol. The van der Waals surface area contributed by atoms with Crippen molar-refractivity contribution >= 4 is 23.1 Å². The number of benzene rings is 1. The second-order valence-electron chi connectivity index (χ2n) is 5.05. The fourth-order valence-electron chi connectivity index (χ4n) is 2.81. The van der Waals surface area contributed by atoms with Crippen LogP contribution in [0.1, 0.15) is 22.8 Å². The number of nitrogens with zero attached hydrogens (tertiary/aromatic N) is 1. The maximum atomic E-state index is 11.9. The number of thiophene rings is 1. The molecule has 104 valence electrons. The molecule has 3 heterocycles. The molecule has 1 aromatic carbocycles. The lowest BCUT2D eigenvalue weighted by Crippen LogP contribution is -2.22. The molecule has 1 atom stereocenters. The largest absolute Gasteiger partial charge is 0.309 e. The third-order valence-corrected chi connectivity index (χ3v) is 4.73. The van der Waals surface area contributed by atoms with Crippen LogP contribution in [-0.2, 0) is 4.79 Å². The number of carbonyl (C=O) groups excluding carboxylic acids is 1. The van der Waals surface area contributed by atoms with Gasteiger partial charge in [-0.15, -0.1) is 11.3 Å². The van der Waals surface area contributed by atoms with E-state index in [-0.39, 0.29) is 11.8 Å². The van der Waals surface area contributed by atoms with Gasteiger partial charge in [0.05, 0.1) is 5.69 Å². The Bertz CT molecular complexity index is 777. The third kappa shape index (κ3) is 2.06. The molecular formula is C16H13N3OS. The maximum absolute atomic E-state index is 11.9. The smallest absolute Gasteiger partial charge is 0.226 e. The number of anilines is 1. The first kappa shape index (κ1) is 12.3. The number of hydrogen-bond donors (Lipinski definition) is 2. The van der Waals surface area contributed by atoms with Crippen LogP contribution in [0, 0.1) is 0 Å². The number of aromatic nitrogens is 2. The first-order chi connectivity index (χ1) is 10.3. The van der Waals surface area contributed by atoms with E-state index in [2.05, 4.69) is 33.7 Å². The Morgan fingerprint density at radius 3 is 2.76 bits per heavy atom. The number of carbonyl (C=O) groups is 1. The average molecular weight is 295 g/mol. The minimum absolute atomic E-state index is 0.0204. The number of nitrogens with one attached hydrogen (secondary N) is 2. The maximum Gasteiger partial charge on any atom is 0.226 e. The molecule has 0 fully saturated rings. The summed E-state index contributed by atoms with van der Waals surface area (Å²) in [6, 6.07) is 14.2. The van der Waals surface area contributed by atoms with Crippen molar-refractivity contribution in [1.29, 1.82) is 0 Å². The van der Waals surface area contributed by atoms with E-state index in [1.807, 2.05) is 29.6 Å². The standard InChI is InChI=1S/C16H13N3OS/c20-13-9-11(12-7-4-8-21-12)14-15(18-19-16(14)17-13)10-5-2-1-3-6-10/h1-8,11H,9H2,(H2,17,18,19,20)/t11-/m1/s1. The molecule has 0 bridgehead atoms. The van der Waals surface area contributed by atoms with Crippen LogP contribution >= 0.6 is 11.3 Å². The van der Waals surface area contributed by atoms with Gasteiger partial charge in [-0.3, -0.25) is 9.89 Å². The van der Waals surface area contributed by atoms with Crippen molar-refractivity contribution in [3.05, 3.63) is 58.3 Å². The zero-order chi connectivity index (χ0) is 14.2. The predicted molar refractivity (Wildman–Crippen MR) is 83.4 cm³/mol. The van der Waals surface area contributed by atoms with Crippen LogP contribution in [-0.4, -0.2) is 16.1 Å². The van der Waals surface area contributed by atoms with Crippen molar-refractivity contribution in [2.75, 3.05) is 5.32 Å². The summed E-state index contributed by atoms with van der Waals surface area (Å²) in [4.78, 5) is 13.1. The van der Waals surface area contributed by atoms with Gasteiger partial charge < -0.3 is 5.32 Å². The molecule has 5 heteroatoms. The summed E-state index contributed by atoms with van der Waals surface area (Å²) in [7, 11) is 0. The molecule has 4 rings (SSSR count). The monoisotopic (exact) mass is 295 g/mol. The summed E-state index contributed by atoms with van der Waals surface area (Å²) < 4.78 is 0. The Kier molecular flexibility index (Phi) is 2.86. The summed E-state index contributed by atoms with van der Waals surface area (Å²) in [5.74, 6) is 0.748. The Balaban J connectivity index is 1.89. The molecule has 0 saturated heterocycles. The number of rotatable bonds is 2. The van der Waals surface area contributed by atoms with Crippen LogP contribution in [0.3, 0.4) is 0 Å². The predicted octanol–water partition coefficient (Wildman–Crippen LogP) is 3.61. The highest BCUT2D eigenvalue weighted by Crippen LogP contribution is 2.42. The van der Waals surface area contributed by atoms with Crippen molar-refractivity contribution in [2.45, 2.75) is 12.3 Å². The Hall–Kier alpha value is -2.40. The van der Waals surface area contributed by atoms with Crippen molar-refractivity contribution in [3.8, 4) is 11.3 Å². The molecule has 0 aliphatic carbocycles.